The van der Waals surface area contributed by atoms with E-state index < -0.39 is 5.41 Å². The maximum Gasteiger partial charge on any atom is 0.193 e. The Balaban J connectivity index is 1.10. The molecule has 0 fully saturated rings. The zero-order valence-electron chi connectivity index (χ0n) is 31.8. The van der Waals surface area contributed by atoms with Crippen LogP contribution in [0.5, 0.6) is 0 Å². The molecule has 2 aromatic heterocycles. The molecule has 1 spiro atoms. The van der Waals surface area contributed by atoms with E-state index in [9.17, 15) is 4.79 Å². The summed E-state index contributed by atoms with van der Waals surface area (Å²) in [5.74, 6) is 0.0828. The summed E-state index contributed by atoms with van der Waals surface area (Å²) in [6.07, 6.45) is 0. The number of hydrogen-bond donors (Lipinski definition) is 0. The molecule has 3 heteroatoms. The van der Waals surface area contributed by atoms with Crippen LogP contribution < -0.4 is 0 Å². The molecule has 2 heterocycles. The van der Waals surface area contributed by atoms with Gasteiger partial charge in [-0.3, -0.25) is 4.79 Å². The van der Waals surface area contributed by atoms with Crippen molar-refractivity contribution in [2.24, 2.45) is 0 Å². The van der Waals surface area contributed by atoms with Crippen molar-refractivity contribution in [1.29, 1.82) is 0 Å². The van der Waals surface area contributed by atoms with E-state index in [1.807, 2.05) is 36.4 Å². The van der Waals surface area contributed by atoms with Crippen LogP contribution in [0.4, 0.5) is 0 Å². The monoisotopic (exact) mass is 748 g/mol. The second-order valence-electron chi connectivity index (χ2n) is 15.8. The molecule has 59 heavy (non-hydrogen) atoms. The molecule has 0 aliphatic heterocycles. The summed E-state index contributed by atoms with van der Waals surface area (Å²) < 4.78 is 4.70. The normalized spacial score (nSPS) is 13.5. The molecule has 3 nitrogen and oxygen atoms in total. The number of carbonyl (C=O) groups is 1. The van der Waals surface area contributed by atoms with E-state index in [0.717, 1.165) is 66.8 Å². The van der Waals surface area contributed by atoms with E-state index in [2.05, 4.69) is 179 Å². The molecule has 0 unspecified atom stereocenters. The molecule has 0 bridgehead atoms. The number of rotatable bonds is 3. The maximum absolute atomic E-state index is 14.2. The maximum atomic E-state index is 14.2. The minimum absolute atomic E-state index is 0.0828. The van der Waals surface area contributed by atoms with Crippen LogP contribution in [0.1, 0.15) is 38.2 Å². The molecular weight excluding hydrogens is 717 g/mol. The van der Waals surface area contributed by atoms with Crippen molar-refractivity contribution >= 4 is 49.4 Å². The van der Waals surface area contributed by atoms with Gasteiger partial charge < -0.3 is 9.13 Å². The third-order valence-electron chi connectivity index (χ3n) is 13.0. The Morgan fingerprint density at radius 3 is 1.64 bits per heavy atom. The molecule has 13 rings (SSSR count). The minimum atomic E-state index is -0.658. The average molecular weight is 749 g/mol. The van der Waals surface area contributed by atoms with Gasteiger partial charge in [0.2, 0.25) is 0 Å². The highest BCUT2D eigenvalue weighted by Crippen LogP contribution is 2.60. The largest absolute Gasteiger partial charge is 0.309 e. The minimum Gasteiger partial charge on any atom is -0.309 e. The Kier molecular flexibility index (Phi) is 6.44. The Hall–Kier alpha value is -7.93. The van der Waals surface area contributed by atoms with Gasteiger partial charge in [0.15, 0.2) is 5.78 Å². The first-order valence-corrected chi connectivity index (χ1v) is 20.1. The van der Waals surface area contributed by atoms with Crippen LogP contribution in [0.15, 0.2) is 194 Å². The molecule has 272 valence electrons. The van der Waals surface area contributed by atoms with Gasteiger partial charge in [-0.25, -0.2) is 0 Å². The van der Waals surface area contributed by atoms with Crippen molar-refractivity contribution in [2.45, 2.75) is 5.41 Å². The summed E-state index contributed by atoms with van der Waals surface area (Å²) in [5.41, 5.74) is 16.8. The first-order valence-electron chi connectivity index (χ1n) is 20.1. The molecule has 0 saturated carbocycles. The van der Waals surface area contributed by atoms with Gasteiger partial charge in [0.05, 0.1) is 33.2 Å². The molecule has 0 N–H and O–H groups in total. The predicted octanol–water partition coefficient (Wildman–Crippen LogP) is 13.1. The fourth-order valence-electron chi connectivity index (χ4n) is 10.6. The van der Waals surface area contributed by atoms with Gasteiger partial charge in [0.25, 0.3) is 0 Å². The molecule has 0 amide bonds. The first kappa shape index (κ1) is 32.2. The summed E-state index contributed by atoms with van der Waals surface area (Å²) in [4.78, 5) is 14.2. The van der Waals surface area contributed by atoms with Crippen molar-refractivity contribution in [1.82, 2.24) is 9.13 Å². The Bertz CT molecular complexity index is 3520. The van der Waals surface area contributed by atoms with Crippen molar-refractivity contribution in [3.05, 3.63) is 240 Å². The molecule has 9 aromatic carbocycles. The number of aromatic nitrogens is 2. The highest BCUT2D eigenvalue weighted by molar-refractivity contribution is 6.17. The Morgan fingerprint density at radius 2 is 0.949 bits per heavy atom. The number of benzene rings is 8. The molecule has 2 aliphatic carbocycles. The zero-order valence-corrected chi connectivity index (χ0v) is 31.8. The summed E-state index contributed by atoms with van der Waals surface area (Å²) >= 11 is 0. The van der Waals surface area contributed by atoms with Crippen LogP contribution in [0.3, 0.4) is 0 Å². The third-order valence-corrected chi connectivity index (χ3v) is 13.0. The van der Waals surface area contributed by atoms with E-state index in [1.165, 1.54) is 43.8 Å². The van der Waals surface area contributed by atoms with Gasteiger partial charge in [-0.15, -0.1) is 0 Å². The smallest absolute Gasteiger partial charge is 0.193 e. The fraction of sp³-hybridized carbons (Fsp3) is 0.0179. The number of carbonyl (C=O) groups excluding carboxylic acids is 1. The zero-order chi connectivity index (χ0) is 38.8. The van der Waals surface area contributed by atoms with E-state index >= 15 is 0 Å². The van der Waals surface area contributed by atoms with Crippen LogP contribution >= 0.6 is 0 Å². The molecule has 0 saturated heterocycles. The van der Waals surface area contributed by atoms with Crippen molar-refractivity contribution < 1.29 is 4.79 Å². The number of para-hydroxylation sites is 2. The van der Waals surface area contributed by atoms with E-state index in [4.69, 9.17) is 0 Å². The molecular formula is C56H32N2O. The molecule has 11 aromatic rings. The highest BCUT2D eigenvalue weighted by atomic mass is 16.1. The summed E-state index contributed by atoms with van der Waals surface area (Å²) in [5, 5.41) is 4.80. The lowest BCUT2D eigenvalue weighted by molar-refractivity contribution is 0.103. The lowest BCUT2D eigenvalue weighted by atomic mass is 9.61. The van der Waals surface area contributed by atoms with Crippen LogP contribution in [0, 0.1) is 12.1 Å². The van der Waals surface area contributed by atoms with Gasteiger partial charge in [-0.1, -0.05) is 133 Å². The Morgan fingerprint density at radius 1 is 0.390 bits per heavy atom. The van der Waals surface area contributed by atoms with E-state index in [0.29, 0.717) is 0 Å². The number of hydrogen-bond acceptors (Lipinski definition) is 1. The second kappa shape index (κ2) is 11.8. The van der Waals surface area contributed by atoms with E-state index in [1.54, 1.807) is 0 Å². The van der Waals surface area contributed by atoms with Crippen LogP contribution in [0.2, 0.25) is 0 Å². The third kappa shape index (κ3) is 4.20. The lowest BCUT2D eigenvalue weighted by Gasteiger charge is -2.39. The topological polar surface area (TPSA) is 26.9 Å². The Labute approximate surface area is 340 Å². The van der Waals surface area contributed by atoms with Gasteiger partial charge in [-0.05, 0) is 117 Å². The summed E-state index contributed by atoms with van der Waals surface area (Å²) in [6.45, 7) is 0. The van der Waals surface area contributed by atoms with Crippen molar-refractivity contribution in [3.8, 4) is 33.6 Å². The van der Waals surface area contributed by atoms with Crippen molar-refractivity contribution in [2.75, 3.05) is 0 Å². The van der Waals surface area contributed by atoms with Gasteiger partial charge in [0.1, 0.15) is 0 Å². The van der Waals surface area contributed by atoms with Gasteiger partial charge in [-0.2, -0.15) is 0 Å². The quantitative estimate of drug-likeness (QED) is 0.177. The van der Waals surface area contributed by atoms with E-state index in [-0.39, 0.29) is 5.78 Å². The average Bonchev–Trinajstić information content (AvgIpc) is 3.91. The first-order chi connectivity index (χ1) is 29.2. The SMILES string of the molecule is O=C1c2ccccc2C2(c3ccccc31)c1ccccc1-c1cc3c4cc(-c5ccc6c(c5)c5ccccc5n6-c5c#cccc5)ccc4n(-c4ccccc4)c3cc12. The molecule has 2 aliphatic rings. The fourth-order valence-corrected chi connectivity index (χ4v) is 10.6. The predicted molar refractivity (Wildman–Crippen MR) is 239 cm³/mol. The van der Waals surface area contributed by atoms with Gasteiger partial charge >= 0.3 is 0 Å². The summed E-state index contributed by atoms with van der Waals surface area (Å²) in [6, 6.07) is 75.7. The second-order valence-corrected chi connectivity index (χ2v) is 15.8. The number of fused-ring (bicyclic) bond motifs is 15. The van der Waals surface area contributed by atoms with Crippen LogP contribution in [-0.2, 0) is 5.41 Å². The molecule has 0 radical (unpaired) electrons. The van der Waals surface area contributed by atoms with Gasteiger partial charge in [0, 0.05) is 38.4 Å². The van der Waals surface area contributed by atoms with Crippen molar-refractivity contribution in [3.63, 3.8) is 0 Å². The number of ketones is 1. The highest BCUT2D eigenvalue weighted by Gasteiger charge is 2.51. The van der Waals surface area contributed by atoms with Crippen LogP contribution in [0.25, 0.3) is 77.2 Å². The molecule has 0 atom stereocenters. The number of nitrogens with zero attached hydrogens (tertiary/aromatic N) is 2. The lowest BCUT2D eigenvalue weighted by Crippen LogP contribution is -2.36. The summed E-state index contributed by atoms with van der Waals surface area (Å²) in [7, 11) is 0. The van der Waals surface area contributed by atoms with Crippen LogP contribution in [-0.4, -0.2) is 14.9 Å². The standard InChI is InChI=1S/C56H32N2O/c59-55-41-21-8-12-24-48(41)56(49-25-13-9-22-42(49)55)47-23-11-7-19-39(47)43-33-46-45-32-36(28-30-53(45)58(54(46)34-50(43)56)38-17-5-2-6-18-38)35-27-29-52-44(31-35)40-20-10-14-26-51(40)57(52)37-15-3-1-4-16-37/h1-3,5-15,17-34H.